The largest absolute Gasteiger partial charge is 0.494 e. The van der Waals surface area contributed by atoms with Crippen LogP contribution in [0, 0.1) is 11.3 Å². The monoisotopic (exact) mass is 340 g/mol. The Morgan fingerprint density at radius 2 is 2.16 bits per heavy atom. The van der Waals surface area contributed by atoms with Gasteiger partial charge in [-0.25, -0.2) is 0 Å². The molecule has 2 atom stereocenters. The number of aliphatic hydroxyl groups excluding tert-OH is 1. The molecule has 5 nitrogen and oxygen atoms in total. The highest BCUT2D eigenvalue weighted by molar-refractivity contribution is 5.34. The third-order valence-corrected chi connectivity index (χ3v) is 4.71. The Labute approximate surface area is 148 Å². The third kappa shape index (κ3) is 4.85. The van der Waals surface area contributed by atoms with Gasteiger partial charge in [0.25, 0.3) is 0 Å². The van der Waals surface area contributed by atoms with Gasteiger partial charge in [-0.3, -0.25) is 0 Å². The zero-order valence-corrected chi connectivity index (χ0v) is 14.3. The first-order chi connectivity index (χ1) is 12.3. The molecule has 0 amide bonds. The molecule has 1 N–H and O–H groups in total. The molecule has 0 aliphatic carbocycles. The number of hydrogen-bond acceptors (Lipinski definition) is 5. The van der Waals surface area contributed by atoms with Gasteiger partial charge in [-0.2, -0.15) is 5.26 Å². The van der Waals surface area contributed by atoms with Crippen molar-refractivity contribution in [1.82, 2.24) is 4.90 Å². The molecule has 1 aromatic carbocycles. The lowest BCUT2D eigenvalue weighted by atomic mass is 10.1. The summed E-state index contributed by atoms with van der Waals surface area (Å²) in [4.78, 5) is 2.44. The van der Waals surface area contributed by atoms with Crippen LogP contribution in [0.25, 0.3) is 0 Å². The lowest BCUT2D eigenvalue weighted by Crippen LogP contribution is -2.32. The Morgan fingerprint density at radius 1 is 1.32 bits per heavy atom. The first kappa shape index (κ1) is 17.5. The molecule has 1 aliphatic heterocycles. The second kappa shape index (κ2) is 8.70. The Hall–Kier alpha value is -2.29. The van der Waals surface area contributed by atoms with Crippen molar-refractivity contribution in [3.63, 3.8) is 0 Å². The smallest absolute Gasteiger partial charge is 0.132 e. The molecule has 132 valence electrons. The molecule has 2 aromatic rings. The molecule has 5 heteroatoms. The van der Waals surface area contributed by atoms with E-state index in [1.165, 1.54) is 6.42 Å². The van der Waals surface area contributed by atoms with Gasteiger partial charge in [-0.05, 0) is 68.6 Å². The van der Waals surface area contributed by atoms with E-state index in [2.05, 4.69) is 11.0 Å². The summed E-state index contributed by atoms with van der Waals surface area (Å²) in [6.07, 6.45) is 5.01. The maximum absolute atomic E-state index is 10.3. The molecule has 3 rings (SSSR count). The van der Waals surface area contributed by atoms with Crippen molar-refractivity contribution in [2.45, 2.75) is 37.8 Å². The van der Waals surface area contributed by atoms with Crippen LogP contribution in [0.1, 0.15) is 43.1 Å². The van der Waals surface area contributed by atoms with E-state index in [1.807, 2.05) is 24.3 Å². The maximum atomic E-state index is 10.3. The SMILES string of the molecule is N#Cc1ccc(OCCCN2CCCC2CC(O)c2ccco2)cc1. The normalized spacial score (nSPS) is 18.8. The van der Waals surface area contributed by atoms with Crippen molar-refractivity contribution in [3.05, 3.63) is 54.0 Å². The molecule has 2 unspecified atom stereocenters. The van der Waals surface area contributed by atoms with E-state index < -0.39 is 6.10 Å². The van der Waals surface area contributed by atoms with Crippen LogP contribution in [-0.2, 0) is 0 Å². The predicted octanol–water partition coefficient (Wildman–Crippen LogP) is 3.51. The lowest BCUT2D eigenvalue weighted by Gasteiger charge is -2.25. The highest BCUT2D eigenvalue weighted by Crippen LogP contribution is 2.27. The minimum absolute atomic E-state index is 0.398. The maximum Gasteiger partial charge on any atom is 0.132 e. The predicted molar refractivity (Wildman–Crippen MR) is 94.1 cm³/mol. The lowest BCUT2D eigenvalue weighted by molar-refractivity contribution is 0.0997. The van der Waals surface area contributed by atoms with Gasteiger partial charge in [0, 0.05) is 12.6 Å². The molecule has 2 heterocycles. The summed E-state index contributed by atoms with van der Waals surface area (Å²) in [5.74, 6) is 1.45. The van der Waals surface area contributed by atoms with Crippen LogP contribution in [0.5, 0.6) is 5.75 Å². The van der Waals surface area contributed by atoms with Crippen LogP contribution in [0.4, 0.5) is 0 Å². The van der Waals surface area contributed by atoms with Crippen LogP contribution in [0.3, 0.4) is 0 Å². The molecule has 0 saturated carbocycles. The summed E-state index contributed by atoms with van der Waals surface area (Å²) in [7, 11) is 0. The van der Waals surface area contributed by atoms with Crippen molar-refractivity contribution < 1.29 is 14.3 Å². The highest BCUT2D eigenvalue weighted by Gasteiger charge is 2.27. The number of likely N-dealkylation sites (tertiary alicyclic amines) is 1. The number of hydrogen-bond donors (Lipinski definition) is 1. The summed E-state index contributed by atoms with van der Waals surface area (Å²) in [5, 5.41) is 19.1. The van der Waals surface area contributed by atoms with Gasteiger partial charge in [0.05, 0.1) is 24.5 Å². The van der Waals surface area contributed by atoms with E-state index in [0.717, 1.165) is 31.7 Å². The molecule has 1 fully saturated rings. The second-order valence-corrected chi connectivity index (χ2v) is 6.44. The van der Waals surface area contributed by atoms with Gasteiger partial charge in [0.1, 0.15) is 17.6 Å². The number of nitrogens with zero attached hydrogens (tertiary/aromatic N) is 2. The summed E-state index contributed by atoms with van der Waals surface area (Å²) < 4.78 is 11.0. The average molecular weight is 340 g/mol. The molecule has 0 spiro atoms. The molecule has 25 heavy (non-hydrogen) atoms. The number of nitriles is 1. The minimum Gasteiger partial charge on any atom is -0.494 e. The molecular weight excluding hydrogens is 316 g/mol. The summed E-state index contributed by atoms with van der Waals surface area (Å²) >= 11 is 0. The Balaban J connectivity index is 1.40. The Kier molecular flexibility index (Phi) is 6.10. The minimum atomic E-state index is -0.532. The van der Waals surface area contributed by atoms with Crippen molar-refractivity contribution >= 4 is 0 Å². The van der Waals surface area contributed by atoms with Crippen LogP contribution >= 0.6 is 0 Å². The van der Waals surface area contributed by atoms with Crippen LogP contribution in [0.15, 0.2) is 47.1 Å². The van der Waals surface area contributed by atoms with Gasteiger partial charge >= 0.3 is 0 Å². The van der Waals surface area contributed by atoms with Crippen LogP contribution in [-0.4, -0.2) is 35.7 Å². The van der Waals surface area contributed by atoms with Crippen LogP contribution in [0.2, 0.25) is 0 Å². The van der Waals surface area contributed by atoms with E-state index in [0.29, 0.717) is 30.4 Å². The second-order valence-electron chi connectivity index (χ2n) is 6.44. The van der Waals surface area contributed by atoms with Crippen molar-refractivity contribution in [3.8, 4) is 11.8 Å². The fourth-order valence-electron chi connectivity index (χ4n) is 3.39. The molecular formula is C20H24N2O3. The first-order valence-electron chi connectivity index (χ1n) is 8.85. The molecule has 1 aliphatic rings. The number of benzene rings is 1. The van der Waals surface area contributed by atoms with E-state index in [9.17, 15) is 5.11 Å². The highest BCUT2D eigenvalue weighted by atomic mass is 16.5. The standard InChI is InChI=1S/C20H24N2O3/c21-15-16-6-8-18(9-7-16)24-13-3-11-22-10-1-4-17(22)14-19(23)20-5-2-12-25-20/h2,5-9,12,17,19,23H,1,3-4,10-11,13-14H2. The van der Waals surface area contributed by atoms with Gasteiger partial charge in [0.15, 0.2) is 0 Å². The van der Waals surface area contributed by atoms with Gasteiger partial charge in [-0.15, -0.1) is 0 Å². The van der Waals surface area contributed by atoms with Gasteiger partial charge in [-0.1, -0.05) is 0 Å². The number of furan rings is 1. The molecule has 0 radical (unpaired) electrons. The Bertz CT molecular complexity index is 676. The molecule has 0 bridgehead atoms. The van der Waals surface area contributed by atoms with Crippen LogP contribution < -0.4 is 4.74 Å². The molecule has 1 saturated heterocycles. The zero-order chi connectivity index (χ0) is 17.5. The van der Waals surface area contributed by atoms with E-state index in [-0.39, 0.29) is 0 Å². The fourth-order valence-corrected chi connectivity index (χ4v) is 3.39. The van der Waals surface area contributed by atoms with E-state index in [1.54, 1.807) is 18.4 Å². The van der Waals surface area contributed by atoms with Gasteiger partial charge < -0.3 is 19.2 Å². The van der Waals surface area contributed by atoms with Gasteiger partial charge in [0.2, 0.25) is 0 Å². The Morgan fingerprint density at radius 3 is 2.88 bits per heavy atom. The topological polar surface area (TPSA) is 69.6 Å². The fraction of sp³-hybridized carbons (Fsp3) is 0.450. The summed E-state index contributed by atoms with van der Waals surface area (Å²) in [5.41, 5.74) is 0.641. The quantitative estimate of drug-likeness (QED) is 0.745. The van der Waals surface area contributed by atoms with Crippen molar-refractivity contribution in [2.75, 3.05) is 19.7 Å². The average Bonchev–Trinajstić information content (AvgIpc) is 3.31. The van der Waals surface area contributed by atoms with E-state index in [4.69, 9.17) is 14.4 Å². The zero-order valence-electron chi connectivity index (χ0n) is 14.3. The third-order valence-electron chi connectivity index (χ3n) is 4.71. The number of aliphatic hydroxyl groups is 1. The first-order valence-corrected chi connectivity index (χ1v) is 8.85. The van der Waals surface area contributed by atoms with Crippen molar-refractivity contribution in [2.24, 2.45) is 0 Å². The number of ether oxygens (including phenoxy) is 1. The summed E-state index contributed by atoms with van der Waals surface area (Å²) in [6, 6.07) is 13.3. The summed E-state index contributed by atoms with van der Waals surface area (Å²) in [6.45, 7) is 2.69. The van der Waals surface area contributed by atoms with Crippen molar-refractivity contribution in [1.29, 1.82) is 5.26 Å². The van der Waals surface area contributed by atoms with E-state index >= 15 is 0 Å². The molecule has 1 aromatic heterocycles. The number of rotatable bonds is 8.